The minimum atomic E-state index is 0.0796. The Morgan fingerprint density at radius 2 is 1.90 bits per heavy atom. The first kappa shape index (κ1) is 15.0. The number of piperidine rings is 1. The van der Waals surface area contributed by atoms with E-state index in [-0.39, 0.29) is 17.8 Å². The number of hydrogen-bond donors (Lipinski definition) is 1. The van der Waals surface area contributed by atoms with Crippen LogP contribution in [0.5, 0.6) is 5.75 Å². The molecule has 0 aliphatic carbocycles. The van der Waals surface area contributed by atoms with Gasteiger partial charge in [0.25, 0.3) is 0 Å². The number of aryl methyl sites for hydroxylation is 2. The Bertz CT molecular complexity index is 488. The largest absolute Gasteiger partial charge is 0.490 e. The van der Waals surface area contributed by atoms with Crippen LogP contribution in [0.1, 0.15) is 48.2 Å². The fourth-order valence-electron chi connectivity index (χ4n) is 2.83. The molecule has 1 saturated heterocycles. The van der Waals surface area contributed by atoms with Gasteiger partial charge in [0.15, 0.2) is 5.78 Å². The molecule has 0 atom stereocenters. The van der Waals surface area contributed by atoms with E-state index in [2.05, 4.69) is 11.4 Å². The number of ketones is 1. The zero-order valence-electron chi connectivity index (χ0n) is 13.0. The fraction of sp³-hybridized carbons (Fsp3) is 0.588. The molecule has 0 amide bonds. The molecule has 1 N–H and O–H groups in total. The maximum atomic E-state index is 12.8. The van der Waals surface area contributed by atoms with Crippen LogP contribution in [-0.4, -0.2) is 25.0 Å². The minimum Gasteiger partial charge on any atom is -0.490 e. The molecule has 1 aliphatic heterocycles. The first-order chi connectivity index (χ1) is 9.49. The van der Waals surface area contributed by atoms with Crippen molar-refractivity contribution in [2.45, 2.75) is 46.6 Å². The lowest BCUT2D eigenvalue weighted by Gasteiger charge is -2.24. The summed E-state index contributed by atoms with van der Waals surface area (Å²) in [5.74, 6) is 1.15. The first-order valence-electron chi connectivity index (χ1n) is 7.52. The highest BCUT2D eigenvalue weighted by molar-refractivity contribution is 6.01. The molecule has 0 unspecified atom stereocenters. The molecule has 0 saturated carbocycles. The minimum absolute atomic E-state index is 0.0796. The zero-order chi connectivity index (χ0) is 14.7. The summed E-state index contributed by atoms with van der Waals surface area (Å²) in [5.41, 5.74) is 2.94. The van der Waals surface area contributed by atoms with E-state index in [1.807, 2.05) is 33.8 Å². The van der Waals surface area contributed by atoms with Crippen LogP contribution in [0, 0.1) is 19.8 Å². The third-order valence-corrected chi connectivity index (χ3v) is 3.75. The number of carbonyl (C=O) groups is 1. The third-order valence-electron chi connectivity index (χ3n) is 3.75. The van der Waals surface area contributed by atoms with Crippen molar-refractivity contribution < 1.29 is 9.53 Å². The van der Waals surface area contributed by atoms with Crippen molar-refractivity contribution in [3.8, 4) is 5.75 Å². The van der Waals surface area contributed by atoms with E-state index in [0.717, 1.165) is 48.4 Å². The van der Waals surface area contributed by atoms with Crippen LogP contribution in [0.15, 0.2) is 12.1 Å². The summed E-state index contributed by atoms with van der Waals surface area (Å²) in [6.45, 7) is 9.91. The van der Waals surface area contributed by atoms with Gasteiger partial charge in [0.2, 0.25) is 0 Å². The normalized spacial score (nSPS) is 16.4. The van der Waals surface area contributed by atoms with Crippen LogP contribution in [0.4, 0.5) is 0 Å². The predicted molar refractivity (Wildman–Crippen MR) is 81.6 cm³/mol. The molecule has 110 valence electrons. The molecule has 20 heavy (non-hydrogen) atoms. The Morgan fingerprint density at radius 1 is 1.25 bits per heavy atom. The Morgan fingerprint density at radius 3 is 2.50 bits per heavy atom. The van der Waals surface area contributed by atoms with Crippen molar-refractivity contribution in [1.29, 1.82) is 0 Å². The van der Waals surface area contributed by atoms with Crippen LogP contribution < -0.4 is 10.1 Å². The summed E-state index contributed by atoms with van der Waals surface area (Å²) in [6, 6.07) is 4.06. The van der Waals surface area contributed by atoms with Gasteiger partial charge in [-0.3, -0.25) is 4.79 Å². The van der Waals surface area contributed by atoms with Gasteiger partial charge in [-0.1, -0.05) is 6.07 Å². The van der Waals surface area contributed by atoms with E-state index in [4.69, 9.17) is 4.74 Å². The van der Waals surface area contributed by atoms with E-state index in [1.54, 1.807) is 0 Å². The summed E-state index contributed by atoms with van der Waals surface area (Å²) >= 11 is 0. The summed E-state index contributed by atoms with van der Waals surface area (Å²) in [5, 5.41) is 3.31. The van der Waals surface area contributed by atoms with E-state index in [1.165, 1.54) is 0 Å². The average Bonchev–Trinajstić information content (AvgIpc) is 2.41. The number of rotatable bonds is 4. The molecule has 2 rings (SSSR count). The molecule has 0 radical (unpaired) electrons. The van der Waals surface area contributed by atoms with E-state index < -0.39 is 0 Å². The summed E-state index contributed by atoms with van der Waals surface area (Å²) in [4.78, 5) is 12.8. The maximum absolute atomic E-state index is 12.8. The molecule has 1 heterocycles. The lowest BCUT2D eigenvalue weighted by Crippen LogP contribution is -2.32. The van der Waals surface area contributed by atoms with Gasteiger partial charge in [-0.25, -0.2) is 0 Å². The van der Waals surface area contributed by atoms with Gasteiger partial charge in [-0.2, -0.15) is 0 Å². The van der Waals surface area contributed by atoms with Crippen molar-refractivity contribution in [2.75, 3.05) is 13.1 Å². The average molecular weight is 275 g/mol. The number of carbonyl (C=O) groups excluding carboxylic acids is 1. The van der Waals surface area contributed by atoms with Crippen LogP contribution >= 0.6 is 0 Å². The Labute approximate surface area is 121 Å². The molecule has 1 aromatic carbocycles. The summed E-state index contributed by atoms with van der Waals surface area (Å²) < 4.78 is 5.91. The SMILES string of the molecule is Cc1cc(C)c(OC(C)C)c(C(=O)C2CCNCC2)c1. The smallest absolute Gasteiger partial charge is 0.169 e. The number of Topliss-reactive ketones (excluding diaryl/α,β-unsaturated/α-hetero) is 1. The second-order valence-corrected chi connectivity index (χ2v) is 6.01. The van der Waals surface area contributed by atoms with Crippen molar-refractivity contribution in [2.24, 2.45) is 5.92 Å². The van der Waals surface area contributed by atoms with Crippen LogP contribution in [0.3, 0.4) is 0 Å². The van der Waals surface area contributed by atoms with Gasteiger partial charge in [0.1, 0.15) is 5.75 Å². The Balaban J connectivity index is 2.35. The van der Waals surface area contributed by atoms with Crippen molar-refractivity contribution in [3.05, 3.63) is 28.8 Å². The molecular weight excluding hydrogens is 250 g/mol. The highest BCUT2D eigenvalue weighted by Crippen LogP contribution is 2.30. The summed E-state index contributed by atoms with van der Waals surface area (Å²) in [6.07, 6.45) is 1.93. The molecule has 1 aromatic rings. The van der Waals surface area contributed by atoms with Crippen molar-refractivity contribution in [1.82, 2.24) is 5.32 Å². The van der Waals surface area contributed by atoms with Crippen molar-refractivity contribution >= 4 is 5.78 Å². The zero-order valence-corrected chi connectivity index (χ0v) is 13.0. The highest BCUT2D eigenvalue weighted by Gasteiger charge is 2.26. The second kappa shape index (κ2) is 6.40. The maximum Gasteiger partial charge on any atom is 0.169 e. The lowest BCUT2D eigenvalue weighted by atomic mass is 9.88. The first-order valence-corrected chi connectivity index (χ1v) is 7.52. The quantitative estimate of drug-likeness (QED) is 0.857. The van der Waals surface area contributed by atoms with Gasteiger partial charge < -0.3 is 10.1 Å². The van der Waals surface area contributed by atoms with Crippen LogP contribution in [0.2, 0.25) is 0 Å². The second-order valence-electron chi connectivity index (χ2n) is 6.01. The number of ether oxygens (including phenoxy) is 1. The lowest BCUT2D eigenvalue weighted by molar-refractivity contribution is 0.0888. The predicted octanol–water partition coefficient (Wildman–Crippen LogP) is 3.27. The molecule has 1 fully saturated rings. The molecule has 1 aliphatic rings. The van der Waals surface area contributed by atoms with E-state index in [0.29, 0.717) is 0 Å². The van der Waals surface area contributed by atoms with E-state index in [9.17, 15) is 4.79 Å². The van der Waals surface area contributed by atoms with Crippen molar-refractivity contribution in [3.63, 3.8) is 0 Å². The van der Waals surface area contributed by atoms with Gasteiger partial charge in [-0.15, -0.1) is 0 Å². The number of nitrogens with one attached hydrogen (secondary N) is 1. The Kier molecular flexibility index (Phi) is 4.81. The topological polar surface area (TPSA) is 38.3 Å². The van der Waals surface area contributed by atoms with Crippen LogP contribution in [-0.2, 0) is 0 Å². The summed E-state index contributed by atoms with van der Waals surface area (Å²) in [7, 11) is 0. The molecule has 3 heteroatoms. The van der Waals surface area contributed by atoms with E-state index >= 15 is 0 Å². The van der Waals surface area contributed by atoms with Crippen LogP contribution in [0.25, 0.3) is 0 Å². The number of hydrogen-bond acceptors (Lipinski definition) is 3. The third kappa shape index (κ3) is 3.40. The monoisotopic (exact) mass is 275 g/mol. The fourth-order valence-corrected chi connectivity index (χ4v) is 2.83. The van der Waals surface area contributed by atoms with Gasteiger partial charge in [0, 0.05) is 5.92 Å². The molecule has 3 nitrogen and oxygen atoms in total. The number of benzene rings is 1. The standard InChI is InChI=1S/C17H25NO2/c1-11(2)20-17-13(4)9-12(3)10-15(17)16(19)14-5-7-18-8-6-14/h9-11,14,18H,5-8H2,1-4H3. The molecule has 0 aromatic heterocycles. The van der Waals surface area contributed by atoms with Gasteiger partial charge in [0.05, 0.1) is 11.7 Å². The molecule has 0 spiro atoms. The van der Waals surface area contributed by atoms with Gasteiger partial charge in [-0.05, 0) is 70.8 Å². The van der Waals surface area contributed by atoms with Gasteiger partial charge >= 0.3 is 0 Å². The highest BCUT2D eigenvalue weighted by atomic mass is 16.5. The molecule has 0 bridgehead atoms. The molecular formula is C17H25NO2. The Hall–Kier alpha value is -1.35.